The smallest absolute Gasteiger partial charge is 0.353 e. The Kier molecular flexibility index (Phi) is 12.1. The van der Waals surface area contributed by atoms with E-state index in [0.29, 0.717) is 13.3 Å². The van der Waals surface area contributed by atoms with E-state index >= 15 is 35.1 Å². The number of fused-ring (bicyclic) bond motifs is 4. The van der Waals surface area contributed by atoms with Crippen LogP contribution in [0.5, 0.6) is 0 Å². The van der Waals surface area contributed by atoms with Crippen LogP contribution in [-0.2, 0) is 18.9 Å². The average Bonchev–Trinajstić information content (AvgIpc) is 3.81. The summed E-state index contributed by atoms with van der Waals surface area (Å²) in [6, 6.07) is -3.17. The van der Waals surface area contributed by atoms with Crippen LogP contribution in [0.1, 0.15) is 126 Å². The zero-order chi connectivity index (χ0) is 42.3. The molecule has 4 saturated carbocycles. The van der Waals surface area contributed by atoms with Crippen LogP contribution in [0.15, 0.2) is 0 Å². The fraction of sp³-hybridized carbons (Fsp3) is 1.00. The Morgan fingerprint density at radius 3 is 1.73 bits per heavy atom. The molecule has 4 aliphatic carbocycles. The van der Waals surface area contributed by atoms with Gasteiger partial charge < -0.3 is 18.9 Å². The maximum atomic E-state index is 15.9. The van der Waals surface area contributed by atoms with Crippen molar-refractivity contribution in [1.82, 2.24) is 0 Å². The van der Waals surface area contributed by atoms with Gasteiger partial charge in [-0.15, -0.1) is 0 Å². The topological polar surface area (TPSA) is 36.9 Å². The molecule has 9 atom stereocenters. The molecule has 0 N–H and O–H groups in total. The maximum Gasteiger partial charge on any atom is 0.456 e. The van der Waals surface area contributed by atoms with E-state index in [2.05, 4.69) is 4.74 Å². The molecule has 9 unspecified atom stereocenters. The van der Waals surface area contributed by atoms with Gasteiger partial charge in [-0.1, -0.05) is 41.0 Å². The number of ether oxygens (including phenoxy) is 4. The molecule has 4 aliphatic rings. The van der Waals surface area contributed by atoms with E-state index in [9.17, 15) is 26.3 Å². The minimum absolute atomic E-state index is 0.00280. The van der Waals surface area contributed by atoms with Crippen LogP contribution in [0.3, 0.4) is 0 Å². The molecule has 0 radical (unpaired) electrons. The summed E-state index contributed by atoms with van der Waals surface area (Å²) in [7, 11) is 0. The summed E-state index contributed by atoms with van der Waals surface area (Å²) in [5.74, 6) is -18.4. The summed E-state index contributed by atoms with van der Waals surface area (Å²) in [4.78, 5) is 0. The van der Waals surface area contributed by atoms with Crippen molar-refractivity contribution >= 4 is 0 Å². The van der Waals surface area contributed by atoms with Crippen LogP contribution in [0.2, 0.25) is 0 Å². The first-order valence-electron chi connectivity index (χ1n) is 19.0. The number of alkyl halides is 14. The molecule has 4 nitrogen and oxygen atoms in total. The molecule has 4 bridgehead atoms. The Labute approximate surface area is 313 Å². The summed E-state index contributed by atoms with van der Waals surface area (Å²) in [6.45, 7) is 9.68. The number of rotatable bonds is 17. The second-order valence-corrected chi connectivity index (χ2v) is 17.6. The van der Waals surface area contributed by atoms with Crippen LogP contribution in [0, 0.1) is 39.4 Å². The van der Waals surface area contributed by atoms with Gasteiger partial charge in [0, 0.05) is 24.9 Å². The van der Waals surface area contributed by atoms with Crippen molar-refractivity contribution in [3.63, 3.8) is 0 Å². The third-order valence-electron chi connectivity index (χ3n) is 14.3. The molecule has 0 aliphatic heterocycles. The molecule has 0 aromatic heterocycles. The van der Waals surface area contributed by atoms with Crippen molar-refractivity contribution in [3.8, 4) is 0 Å². The lowest BCUT2D eigenvalue weighted by Crippen LogP contribution is -2.75. The first-order valence-corrected chi connectivity index (χ1v) is 19.0. The Morgan fingerprint density at radius 2 is 1.27 bits per heavy atom. The zero-order valence-electron chi connectivity index (χ0n) is 32.4. The van der Waals surface area contributed by atoms with Gasteiger partial charge >= 0.3 is 36.4 Å². The van der Waals surface area contributed by atoms with Crippen molar-refractivity contribution in [1.29, 1.82) is 0 Å². The van der Waals surface area contributed by atoms with Crippen LogP contribution >= 0.6 is 0 Å². The quantitative estimate of drug-likeness (QED) is 0.108. The minimum Gasteiger partial charge on any atom is -0.353 e. The Balaban J connectivity index is 1.87. The summed E-state index contributed by atoms with van der Waals surface area (Å²) in [6.07, 6.45) is -23.4. The molecule has 55 heavy (non-hydrogen) atoms. The number of hydrogen-bond acceptors (Lipinski definition) is 4. The molecule has 4 rings (SSSR count). The first kappa shape index (κ1) is 46.5. The lowest BCUT2D eigenvalue weighted by Gasteiger charge is -2.60. The maximum absolute atomic E-state index is 15.9. The van der Waals surface area contributed by atoms with Gasteiger partial charge in [0.1, 0.15) is 0 Å². The molecule has 0 amide bonds. The second kappa shape index (κ2) is 14.3. The monoisotopic (exact) mass is 828 g/mol. The van der Waals surface area contributed by atoms with E-state index in [-0.39, 0.29) is 58.0 Å². The highest BCUT2D eigenvalue weighted by Gasteiger charge is 2.90. The van der Waals surface area contributed by atoms with E-state index in [0.717, 1.165) is 6.92 Å². The van der Waals surface area contributed by atoms with Gasteiger partial charge in [0.25, 0.3) is 0 Å². The van der Waals surface area contributed by atoms with Crippen molar-refractivity contribution < 1.29 is 80.4 Å². The fourth-order valence-electron chi connectivity index (χ4n) is 11.8. The fourth-order valence-corrected chi connectivity index (χ4v) is 11.8. The summed E-state index contributed by atoms with van der Waals surface area (Å²) < 4.78 is 232. The third-order valence-corrected chi connectivity index (χ3v) is 14.3. The van der Waals surface area contributed by atoms with E-state index in [1.165, 1.54) is 20.8 Å². The standard InChI is InChI=1S/C37H54F14O4/c1-9-16-53-28(8,38)55-31(35(43,44)45)18-23-12-15-30(31,17-23)27(7,10-2)21-26(5,6)29-14-13-24(19-29)25(20-29)32(54-22(4)52-11-3,33(39,40)36(46,47)48)34(41,42)37(49,50)51/h22-25H,9-21H2,1-8H3. The lowest BCUT2D eigenvalue weighted by molar-refractivity contribution is -0.460. The summed E-state index contributed by atoms with van der Waals surface area (Å²) in [5, 5.41) is 0. The van der Waals surface area contributed by atoms with Gasteiger partial charge in [0.15, 0.2) is 11.9 Å². The van der Waals surface area contributed by atoms with Gasteiger partial charge in [-0.2, -0.15) is 61.5 Å². The largest absolute Gasteiger partial charge is 0.456 e. The summed E-state index contributed by atoms with van der Waals surface area (Å²) in [5.41, 5.74) is -14.7. The van der Waals surface area contributed by atoms with Crippen LogP contribution < -0.4 is 0 Å². The summed E-state index contributed by atoms with van der Waals surface area (Å²) >= 11 is 0. The number of hydrogen-bond donors (Lipinski definition) is 0. The second-order valence-electron chi connectivity index (χ2n) is 17.6. The first-order chi connectivity index (χ1) is 24.7. The van der Waals surface area contributed by atoms with E-state index in [1.54, 1.807) is 20.8 Å². The Bertz CT molecular complexity index is 1340. The van der Waals surface area contributed by atoms with Crippen LogP contribution in [-0.4, -0.2) is 67.1 Å². The van der Waals surface area contributed by atoms with Crippen molar-refractivity contribution in [2.75, 3.05) is 13.2 Å². The minimum atomic E-state index is -6.94. The highest BCUT2D eigenvalue weighted by molar-refractivity contribution is 5.24. The van der Waals surface area contributed by atoms with Gasteiger partial charge in [0.05, 0.1) is 6.61 Å². The molecule has 0 aromatic rings. The molecule has 0 aromatic carbocycles. The molecule has 0 saturated heterocycles. The van der Waals surface area contributed by atoms with Crippen LogP contribution in [0.25, 0.3) is 0 Å². The molecule has 18 heteroatoms. The van der Waals surface area contributed by atoms with Crippen molar-refractivity contribution in [3.05, 3.63) is 0 Å². The van der Waals surface area contributed by atoms with E-state index in [4.69, 9.17) is 14.2 Å². The van der Waals surface area contributed by atoms with Gasteiger partial charge in [-0.3, -0.25) is 0 Å². The van der Waals surface area contributed by atoms with Gasteiger partial charge in [0.2, 0.25) is 5.60 Å². The van der Waals surface area contributed by atoms with E-state index in [1.807, 2.05) is 0 Å². The number of halogens is 14. The van der Waals surface area contributed by atoms with Gasteiger partial charge in [-0.25, -0.2) is 0 Å². The van der Waals surface area contributed by atoms with Crippen molar-refractivity contribution in [2.45, 2.75) is 180 Å². The third kappa shape index (κ3) is 6.89. The Morgan fingerprint density at radius 1 is 0.709 bits per heavy atom. The predicted octanol–water partition coefficient (Wildman–Crippen LogP) is 12.7. The van der Waals surface area contributed by atoms with Crippen LogP contribution in [0.4, 0.5) is 61.5 Å². The highest BCUT2D eigenvalue weighted by atomic mass is 19.4. The molecule has 0 spiro atoms. The molecule has 324 valence electrons. The van der Waals surface area contributed by atoms with Gasteiger partial charge in [-0.05, 0) is 106 Å². The zero-order valence-corrected chi connectivity index (χ0v) is 32.4. The van der Waals surface area contributed by atoms with E-state index < -0.39 is 113 Å². The van der Waals surface area contributed by atoms with Crippen molar-refractivity contribution in [2.24, 2.45) is 39.4 Å². The highest BCUT2D eigenvalue weighted by Crippen LogP contribution is 2.78. The SMILES string of the molecule is CCCOC(C)(F)OC1(C(F)(F)F)CC2CCC1(C(C)(CC)CC(C)(C)C13CCC(C1)C(C(OC(C)OCC)(C(F)(F)C(F)(F)F)C(F)(F)C(F)(F)F)C3)C2. The molecule has 4 fully saturated rings. The molecule has 0 heterocycles. The average molecular weight is 829 g/mol. The predicted molar refractivity (Wildman–Crippen MR) is 172 cm³/mol. The Hall–Kier alpha value is -1.14. The molecular weight excluding hydrogens is 774 g/mol. The molecular formula is C37H54F14O4. The normalized spacial score (nSPS) is 33.6. The lowest BCUT2D eigenvalue weighted by atomic mass is 9.47.